The summed E-state index contributed by atoms with van der Waals surface area (Å²) in [5.41, 5.74) is 2.41. The molecule has 1 aliphatic rings. The molecule has 5 nitrogen and oxygen atoms in total. The second kappa shape index (κ2) is 14.4. The molecule has 176 valence electrons. The van der Waals surface area contributed by atoms with E-state index in [0.717, 1.165) is 34.8 Å². The fraction of sp³-hybridized carbons (Fsp3) is 0.538. The van der Waals surface area contributed by atoms with Gasteiger partial charge in [0.05, 0.1) is 11.4 Å². The summed E-state index contributed by atoms with van der Waals surface area (Å²) >= 11 is 0. The maximum Gasteiger partial charge on any atom is 1.00 e. The van der Waals surface area contributed by atoms with Crippen molar-refractivity contribution in [3.63, 3.8) is 0 Å². The largest absolute Gasteiger partial charge is 1.00 e. The fourth-order valence-corrected chi connectivity index (χ4v) is 5.58. The first-order chi connectivity index (χ1) is 15.5. The van der Waals surface area contributed by atoms with Crippen molar-refractivity contribution in [2.45, 2.75) is 90.3 Å². The van der Waals surface area contributed by atoms with Crippen LogP contribution in [0.4, 0.5) is 11.4 Å². The summed E-state index contributed by atoms with van der Waals surface area (Å²) in [6.07, 6.45) is 12.4. The second-order valence-corrected chi connectivity index (χ2v) is 10.1. The number of rotatable bonds is 14. The first kappa shape index (κ1) is 28.2. The predicted octanol–water partition coefficient (Wildman–Crippen LogP) is 3.61. The number of para-hydroxylation sites is 2. The Hall–Kier alpha value is -1.05. The molecule has 0 saturated heterocycles. The number of hydrogen-bond donors (Lipinski definition) is 0. The molecule has 0 saturated carbocycles. The molecule has 0 aromatic heterocycles. The van der Waals surface area contributed by atoms with E-state index < -0.39 is 16.5 Å². The summed E-state index contributed by atoms with van der Waals surface area (Å²) in [5.74, 6) is 0. The van der Waals surface area contributed by atoms with Gasteiger partial charge in [0.1, 0.15) is 6.17 Å². The molecule has 1 unspecified atom stereocenters. The van der Waals surface area contributed by atoms with Gasteiger partial charge in [-0.25, -0.2) is 8.42 Å². The SMILES string of the molecule is CCCCCCCCCCCCC1N(Cc2ccccc2)c2ccccc2N1S(=O)(=O)[O-].[Na+]. The van der Waals surface area contributed by atoms with Crippen LogP contribution in [0.5, 0.6) is 0 Å². The van der Waals surface area contributed by atoms with Crippen molar-refractivity contribution in [3.05, 3.63) is 60.2 Å². The van der Waals surface area contributed by atoms with Crippen molar-refractivity contribution in [3.8, 4) is 0 Å². The minimum Gasteiger partial charge on any atom is -0.731 e. The molecule has 3 rings (SSSR count). The van der Waals surface area contributed by atoms with Crippen molar-refractivity contribution >= 4 is 21.7 Å². The molecule has 0 amide bonds. The Morgan fingerprint density at radius 1 is 0.758 bits per heavy atom. The molecule has 0 spiro atoms. The van der Waals surface area contributed by atoms with E-state index in [4.69, 9.17) is 0 Å². The van der Waals surface area contributed by atoms with E-state index in [2.05, 4.69) is 11.8 Å². The van der Waals surface area contributed by atoms with Gasteiger partial charge in [-0.2, -0.15) is 0 Å². The summed E-state index contributed by atoms with van der Waals surface area (Å²) in [6, 6.07) is 17.3. The zero-order chi connectivity index (χ0) is 22.8. The van der Waals surface area contributed by atoms with Gasteiger partial charge in [0.25, 0.3) is 0 Å². The van der Waals surface area contributed by atoms with Gasteiger partial charge in [0, 0.05) is 6.54 Å². The number of nitrogens with zero attached hydrogens (tertiary/aromatic N) is 2. The molecule has 0 aliphatic carbocycles. The Morgan fingerprint density at radius 3 is 1.85 bits per heavy atom. The number of anilines is 2. The summed E-state index contributed by atoms with van der Waals surface area (Å²) < 4.78 is 37.8. The van der Waals surface area contributed by atoms with Gasteiger partial charge in [-0.1, -0.05) is 107 Å². The summed E-state index contributed by atoms with van der Waals surface area (Å²) in [4.78, 5) is 2.08. The van der Waals surface area contributed by atoms with E-state index in [1.807, 2.05) is 42.5 Å². The first-order valence-corrected chi connectivity index (χ1v) is 13.5. The Balaban J connectivity index is 0.00000385. The maximum absolute atomic E-state index is 12.2. The molecule has 1 atom stereocenters. The molecule has 0 bridgehead atoms. The molecule has 1 aliphatic heterocycles. The minimum atomic E-state index is -4.61. The minimum absolute atomic E-state index is 0. The van der Waals surface area contributed by atoms with E-state index >= 15 is 0 Å². The van der Waals surface area contributed by atoms with Gasteiger partial charge in [-0.05, 0) is 30.5 Å². The Morgan fingerprint density at radius 2 is 1.27 bits per heavy atom. The number of fused-ring (bicyclic) bond motifs is 1. The van der Waals surface area contributed by atoms with E-state index in [-0.39, 0.29) is 29.6 Å². The quantitative estimate of drug-likeness (QED) is 0.235. The number of unbranched alkanes of at least 4 members (excludes halogenated alkanes) is 9. The molecule has 7 heteroatoms. The average Bonchev–Trinajstić information content (AvgIpc) is 3.09. The van der Waals surface area contributed by atoms with Crippen molar-refractivity contribution in [1.29, 1.82) is 0 Å². The van der Waals surface area contributed by atoms with E-state index in [0.29, 0.717) is 18.7 Å². The van der Waals surface area contributed by atoms with Crippen LogP contribution in [0, 0.1) is 0 Å². The molecular formula is C26H37N2NaO3S. The predicted molar refractivity (Wildman–Crippen MR) is 131 cm³/mol. The normalized spacial score (nSPS) is 15.4. The van der Waals surface area contributed by atoms with Crippen LogP contribution in [0.2, 0.25) is 0 Å². The topological polar surface area (TPSA) is 63.7 Å². The Bertz CT molecular complexity index is 924. The second-order valence-electron chi connectivity index (χ2n) is 8.81. The van der Waals surface area contributed by atoms with Crippen molar-refractivity contribution < 1.29 is 42.5 Å². The zero-order valence-corrected chi connectivity index (χ0v) is 23.1. The average molecular weight is 481 g/mol. The third-order valence-corrected chi connectivity index (χ3v) is 7.23. The van der Waals surface area contributed by atoms with Crippen molar-refractivity contribution in [1.82, 2.24) is 0 Å². The molecule has 0 N–H and O–H groups in total. The number of benzene rings is 2. The Labute approximate surface area is 222 Å². The van der Waals surface area contributed by atoms with E-state index in [1.54, 1.807) is 12.1 Å². The van der Waals surface area contributed by atoms with Gasteiger partial charge < -0.3 is 9.45 Å². The third-order valence-electron chi connectivity index (χ3n) is 6.31. The molecule has 0 radical (unpaired) electrons. The van der Waals surface area contributed by atoms with Gasteiger partial charge in [-0.15, -0.1) is 0 Å². The number of hydrogen-bond acceptors (Lipinski definition) is 4. The summed E-state index contributed by atoms with van der Waals surface area (Å²) in [6.45, 7) is 2.81. The van der Waals surface area contributed by atoms with Gasteiger partial charge >= 0.3 is 29.6 Å². The molecule has 0 fully saturated rings. The van der Waals surface area contributed by atoms with Crippen LogP contribution >= 0.6 is 0 Å². The van der Waals surface area contributed by atoms with E-state index in [9.17, 15) is 13.0 Å². The van der Waals surface area contributed by atoms with Gasteiger partial charge in [0.2, 0.25) is 0 Å². The summed E-state index contributed by atoms with van der Waals surface area (Å²) in [5, 5.41) is 0. The molecule has 2 aromatic rings. The monoisotopic (exact) mass is 480 g/mol. The maximum atomic E-state index is 12.2. The third kappa shape index (κ3) is 8.29. The van der Waals surface area contributed by atoms with Crippen LogP contribution in [-0.2, 0) is 16.8 Å². The molecular weight excluding hydrogens is 443 g/mol. The van der Waals surface area contributed by atoms with Crippen LogP contribution in [0.15, 0.2) is 54.6 Å². The van der Waals surface area contributed by atoms with Crippen LogP contribution < -0.4 is 38.8 Å². The zero-order valence-electron chi connectivity index (χ0n) is 20.3. The first-order valence-electron chi connectivity index (χ1n) is 12.2. The fourth-order valence-electron chi connectivity index (χ4n) is 4.67. The summed E-state index contributed by atoms with van der Waals surface area (Å²) in [7, 11) is -4.61. The van der Waals surface area contributed by atoms with Crippen LogP contribution in [0.3, 0.4) is 0 Å². The van der Waals surface area contributed by atoms with Gasteiger partial charge in [-0.3, -0.25) is 4.31 Å². The Kier molecular flexibility index (Phi) is 12.3. The van der Waals surface area contributed by atoms with Crippen molar-refractivity contribution in [2.24, 2.45) is 0 Å². The van der Waals surface area contributed by atoms with E-state index in [1.165, 1.54) is 44.9 Å². The molecule has 33 heavy (non-hydrogen) atoms. The molecule has 1 heterocycles. The standard InChI is InChI=1S/C26H38N2O3S.Na/c1-2-3-4-5-6-7-8-9-10-14-21-26-27(22-23-17-12-11-13-18-23)24-19-15-16-20-25(24)28(26)32(29,30)31;/h11-13,15-20,26H,2-10,14,21-22H2,1H3,(H,29,30,31);/q;+1/p-1. The van der Waals surface area contributed by atoms with Crippen LogP contribution in [-0.4, -0.2) is 19.1 Å². The van der Waals surface area contributed by atoms with Gasteiger partial charge in [0.15, 0.2) is 10.3 Å². The smallest absolute Gasteiger partial charge is 0.731 e. The van der Waals surface area contributed by atoms with Crippen LogP contribution in [0.25, 0.3) is 0 Å². The van der Waals surface area contributed by atoms with Crippen molar-refractivity contribution in [2.75, 3.05) is 9.21 Å². The molecule has 2 aromatic carbocycles. The van der Waals surface area contributed by atoms with Crippen LogP contribution in [0.1, 0.15) is 83.1 Å².